The van der Waals surface area contributed by atoms with Crippen LogP contribution >= 0.6 is 0 Å². The van der Waals surface area contributed by atoms with Gasteiger partial charge in [0, 0.05) is 40.0 Å². The van der Waals surface area contributed by atoms with Crippen molar-refractivity contribution in [2.24, 2.45) is 0 Å². The van der Waals surface area contributed by atoms with Crippen molar-refractivity contribution in [1.29, 1.82) is 0 Å². The first kappa shape index (κ1) is 25.7. The smallest absolute Gasteiger partial charge is 0.377 e. The van der Waals surface area contributed by atoms with Gasteiger partial charge >= 0.3 is 8.80 Å². The third-order valence-corrected chi connectivity index (χ3v) is 7.98. The third kappa shape index (κ3) is 10.3. The highest BCUT2D eigenvalue weighted by Crippen LogP contribution is 2.19. The summed E-state index contributed by atoms with van der Waals surface area (Å²) in [5.41, 5.74) is 0.770. The Kier molecular flexibility index (Phi) is 13.8. The second-order valence-corrected chi connectivity index (χ2v) is 10.3. The van der Waals surface area contributed by atoms with Crippen LogP contribution in [0.3, 0.4) is 0 Å². The van der Waals surface area contributed by atoms with E-state index < -0.39 is 8.80 Å². The van der Waals surface area contributed by atoms with Gasteiger partial charge in [0.2, 0.25) is 0 Å². The van der Waals surface area contributed by atoms with Crippen LogP contribution in [0.4, 0.5) is 5.69 Å². The standard InChI is InChI=1S/C21H37NO6Si/c1-25-29(26-2,27-3)18-14-10-8-6-4-5-7-9-13-17-28-19-20-15-11-12-16-21(20)22(23)24/h11-12,15-16H,4-10,13-14,17-19H2,1-3H3. The molecule has 0 N–H and O–H groups in total. The van der Waals surface area contributed by atoms with E-state index in [4.69, 9.17) is 18.0 Å². The van der Waals surface area contributed by atoms with E-state index in [0.29, 0.717) is 18.8 Å². The lowest BCUT2D eigenvalue weighted by Gasteiger charge is -2.24. The molecule has 7 nitrogen and oxygen atoms in total. The topological polar surface area (TPSA) is 80.1 Å². The molecule has 0 amide bonds. The fourth-order valence-electron chi connectivity index (χ4n) is 3.33. The van der Waals surface area contributed by atoms with E-state index in [2.05, 4.69) is 0 Å². The fraction of sp³-hybridized carbons (Fsp3) is 0.714. The maximum Gasteiger partial charge on any atom is 0.500 e. The van der Waals surface area contributed by atoms with E-state index in [1.165, 1.54) is 44.6 Å². The molecule has 0 spiro atoms. The minimum Gasteiger partial charge on any atom is -0.377 e. The van der Waals surface area contributed by atoms with Crippen LogP contribution in [-0.4, -0.2) is 41.7 Å². The van der Waals surface area contributed by atoms with Crippen molar-refractivity contribution in [2.75, 3.05) is 27.9 Å². The summed E-state index contributed by atoms with van der Waals surface area (Å²) in [5, 5.41) is 11.0. The summed E-state index contributed by atoms with van der Waals surface area (Å²) in [6.07, 6.45) is 10.6. The predicted molar refractivity (Wildman–Crippen MR) is 116 cm³/mol. The lowest BCUT2D eigenvalue weighted by atomic mass is 10.1. The molecule has 166 valence electrons. The van der Waals surface area contributed by atoms with Crippen molar-refractivity contribution in [2.45, 2.75) is 70.4 Å². The average molecular weight is 428 g/mol. The van der Waals surface area contributed by atoms with Crippen molar-refractivity contribution in [1.82, 2.24) is 0 Å². The van der Waals surface area contributed by atoms with Gasteiger partial charge < -0.3 is 18.0 Å². The third-order valence-electron chi connectivity index (χ3n) is 5.15. The number of nitrogens with zero attached hydrogens (tertiary/aromatic N) is 1. The van der Waals surface area contributed by atoms with Gasteiger partial charge in [-0.15, -0.1) is 0 Å². The van der Waals surface area contributed by atoms with Gasteiger partial charge in [0.15, 0.2) is 0 Å². The molecule has 0 radical (unpaired) electrons. The lowest BCUT2D eigenvalue weighted by molar-refractivity contribution is -0.385. The summed E-state index contributed by atoms with van der Waals surface area (Å²) in [6, 6.07) is 7.62. The number of para-hydroxylation sites is 1. The van der Waals surface area contributed by atoms with Crippen LogP contribution in [0, 0.1) is 10.1 Å². The van der Waals surface area contributed by atoms with Crippen LogP contribution in [0.2, 0.25) is 6.04 Å². The number of ether oxygens (including phenoxy) is 1. The summed E-state index contributed by atoms with van der Waals surface area (Å²) >= 11 is 0. The van der Waals surface area contributed by atoms with Gasteiger partial charge in [0.25, 0.3) is 5.69 Å². The van der Waals surface area contributed by atoms with Crippen LogP contribution in [0.25, 0.3) is 0 Å². The minimum absolute atomic E-state index is 0.132. The van der Waals surface area contributed by atoms with Gasteiger partial charge in [-0.05, 0) is 18.9 Å². The number of rotatable bonds is 18. The normalized spacial score (nSPS) is 11.7. The Labute approximate surface area is 176 Å². The summed E-state index contributed by atoms with van der Waals surface area (Å²) in [4.78, 5) is 10.6. The Morgan fingerprint density at radius 1 is 0.828 bits per heavy atom. The zero-order chi connectivity index (χ0) is 21.4. The monoisotopic (exact) mass is 427 g/mol. The van der Waals surface area contributed by atoms with E-state index in [1.807, 2.05) is 0 Å². The molecular weight excluding hydrogens is 390 g/mol. The Morgan fingerprint density at radius 3 is 1.90 bits per heavy atom. The molecule has 0 heterocycles. The molecule has 0 bridgehead atoms. The molecule has 29 heavy (non-hydrogen) atoms. The average Bonchev–Trinajstić information content (AvgIpc) is 2.75. The van der Waals surface area contributed by atoms with Gasteiger partial charge in [0.1, 0.15) is 0 Å². The number of unbranched alkanes of at least 4 members (excludes halogenated alkanes) is 8. The maximum absolute atomic E-state index is 11.0. The van der Waals surface area contributed by atoms with Gasteiger partial charge in [-0.1, -0.05) is 57.1 Å². The van der Waals surface area contributed by atoms with E-state index in [1.54, 1.807) is 39.5 Å². The molecule has 0 unspecified atom stereocenters. The molecule has 0 atom stereocenters. The summed E-state index contributed by atoms with van der Waals surface area (Å²) in [5.74, 6) is 0. The van der Waals surface area contributed by atoms with E-state index in [9.17, 15) is 10.1 Å². The van der Waals surface area contributed by atoms with E-state index in [-0.39, 0.29) is 10.6 Å². The number of hydrogen-bond acceptors (Lipinski definition) is 6. The second kappa shape index (κ2) is 15.5. The molecule has 8 heteroatoms. The highest BCUT2D eigenvalue weighted by molar-refractivity contribution is 6.60. The van der Waals surface area contributed by atoms with Gasteiger partial charge in [0.05, 0.1) is 17.1 Å². The van der Waals surface area contributed by atoms with Crippen LogP contribution in [0.15, 0.2) is 24.3 Å². The number of benzene rings is 1. The molecular formula is C21H37NO6Si. The molecule has 0 aliphatic heterocycles. The van der Waals surface area contributed by atoms with Crippen LogP contribution < -0.4 is 0 Å². The number of hydrogen-bond donors (Lipinski definition) is 0. The fourth-order valence-corrected chi connectivity index (χ4v) is 5.13. The molecule has 0 fully saturated rings. The summed E-state index contributed by atoms with van der Waals surface area (Å²) in [6.45, 7) is 0.951. The van der Waals surface area contributed by atoms with Crippen molar-refractivity contribution in [3.63, 3.8) is 0 Å². The Hall–Kier alpha value is -1.32. The maximum atomic E-state index is 11.0. The lowest BCUT2D eigenvalue weighted by Crippen LogP contribution is -2.42. The van der Waals surface area contributed by atoms with Crippen molar-refractivity contribution in [3.05, 3.63) is 39.9 Å². The van der Waals surface area contributed by atoms with Crippen LogP contribution in [-0.2, 0) is 24.6 Å². The molecule has 0 saturated heterocycles. The highest BCUT2D eigenvalue weighted by Gasteiger charge is 2.36. The molecule has 0 aliphatic carbocycles. The van der Waals surface area contributed by atoms with Gasteiger partial charge in [-0.2, -0.15) is 0 Å². The van der Waals surface area contributed by atoms with Crippen LogP contribution in [0.5, 0.6) is 0 Å². The first-order valence-electron chi connectivity index (χ1n) is 10.5. The van der Waals surface area contributed by atoms with E-state index in [0.717, 1.165) is 25.3 Å². The zero-order valence-electron chi connectivity index (χ0n) is 18.2. The van der Waals surface area contributed by atoms with Gasteiger partial charge in [-0.25, -0.2) is 0 Å². The predicted octanol–water partition coefficient (Wildman–Crippen LogP) is 5.50. The van der Waals surface area contributed by atoms with Crippen LogP contribution in [0.1, 0.15) is 63.4 Å². The second-order valence-electron chi connectivity index (χ2n) is 7.17. The molecule has 1 rings (SSSR count). The van der Waals surface area contributed by atoms with Gasteiger partial charge in [-0.3, -0.25) is 10.1 Å². The SMILES string of the molecule is CO[Si](CCCCCCCCCCCOCc1ccccc1[N+](=O)[O-])(OC)OC. The highest BCUT2D eigenvalue weighted by atomic mass is 28.4. The summed E-state index contributed by atoms with van der Waals surface area (Å²) < 4.78 is 21.9. The van der Waals surface area contributed by atoms with Crippen molar-refractivity contribution >= 4 is 14.5 Å². The number of nitro benzene ring substituents is 1. The first-order chi connectivity index (χ1) is 14.1. The molecule has 1 aromatic carbocycles. The Bertz CT molecular complexity index is 560. The van der Waals surface area contributed by atoms with E-state index >= 15 is 0 Å². The molecule has 0 saturated carbocycles. The molecule has 0 aliphatic rings. The minimum atomic E-state index is -2.39. The molecule has 0 aromatic heterocycles. The van der Waals surface area contributed by atoms with Crippen molar-refractivity contribution < 1.29 is 22.9 Å². The Morgan fingerprint density at radius 2 is 1.34 bits per heavy atom. The largest absolute Gasteiger partial charge is 0.500 e. The molecule has 1 aromatic rings. The Balaban J connectivity index is 1.95. The zero-order valence-corrected chi connectivity index (χ0v) is 19.2. The first-order valence-corrected chi connectivity index (χ1v) is 12.5. The number of nitro groups is 1. The quantitative estimate of drug-likeness (QED) is 0.133. The summed E-state index contributed by atoms with van der Waals surface area (Å²) in [7, 11) is 2.60. The van der Waals surface area contributed by atoms with Crippen molar-refractivity contribution in [3.8, 4) is 0 Å².